The van der Waals surface area contributed by atoms with Crippen LogP contribution in [0.2, 0.25) is 0 Å². The van der Waals surface area contributed by atoms with Gasteiger partial charge in [-0.2, -0.15) is 13.2 Å². The second-order valence-electron chi connectivity index (χ2n) is 5.11. The van der Waals surface area contributed by atoms with Gasteiger partial charge in [0.2, 0.25) is 5.91 Å². The number of hydrogen-bond donors (Lipinski definition) is 1. The van der Waals surface area contributed by atoms with Crippen LogP contribution in [0.15, 0.2) is 35.7 Å². The normalized spacial score (nSPS) is 12.9. The Labute approximate surface area is 135 Å². The summed E-state index contributed by atoms with van der Waals surface area (Å²) < 4.78 is 37.5. The van der Waals surface area contributed by atoms with E-state index in [-0.39, 0.29) is 17.5 Å². The maximum absolute atomic E-state index is 12.5. The van der Waals surface area contributed by atoms with Crippen molar-refractivity contribution in [2.75, 3.05) is 7.05 Å². The van der Waals surface area contributed by atoms with Crippen molar-refractivity contribution in [3.63, 3.8) is 0 Å². The molecule has 0 saturated carbocycles. The second kappa shape index (κ2) is 7.10. The van der Waals surface area contributed by atoms with E-state index in [2.05, 4.69) is 4.98 Å². The summed E-state index contributed by atoms with van der Waals surface area (Å²) >= 11 is 0.872. The van der Waals surface area contributed by atoms with Crippen LogP contribution in [0.5, 0.6) is 0 Å². The highest BCUT2D eigenvalue weighted by molar-refractivity contribution is 7.09. The number of carbonyl (C=O) groups excluding carboxylic acids is 1. The Balaban J connectivity index is 1.95. The predicted octanol–water partition coefficient (Wildman–Crippen LogP) is 2.69. The summed E-state index contributed by atoms with van der Waals surface area (Å²) in [4.78, 5) is 17.0. The van der Waals surface area contributed by atoms with E-state index in [1.807, 2.05) is 30.3 Å². The third kappa shape index (κ3) is 4.77. The number of benzene rings is 1. The summed E-state index contributed by atoms with van der Waals surface area (Å²) in [5.74, 6) is -0.336. The van der Waals surface area contributed by atoms with Crippen LogP contribution in [0.3, 0.4) is 0 Å². The second-order valence-corrected chi connectivity index (χ2v) is 6.06. The average Bonchev–Trinajstić information content (AvgIpc) is 2.96. The monoisotopic (exact) mass is 343 g/mol. The standard InChI is InChI=1S/C15H16F3N3OS/c1-21(8-13-20-12(9-23-13)15(16,17)18)14(22)11(19)7-10-5-3-2-4-6-10/h2-6,9,11H,7-8,19H2,1H3/t11-/m1/s1. The zero-order valence-corrected chi connectivity index (χ0v) is 13.2. The number of likely N-dealkylation sites (N-methyl/N-ethyl adjacent to an activating group) is 1. The SMILES string of the molecule is CN(Cc1nc(C(F)(F)F)cs1)C(=O)[C@H](N)Cc1ccccc1. The highest BCUT2D eigenvalue weighted by Crippen LogP contribution is 2.30. The number of hydrogen-bond acceptors (Lipinski definition) is 4. The minimum absolute atomic E-state index is 0.00205. The highest BCUT2D eigenvalue weighted by Gasteiger charge is 2.34. The molecule has 8 heteroatoms. The molecule has 1 heterocycles. The molecule has 2 N–H and O–H groups in total. The summed E-state index contributed by atoms with van der Waals surface area (Å²) in [5, 5.41) is 1.16. The van der Waals surface area contributed by atoms with Gasteiger partial charge in [-0.15, -0.1) is 11.3 Å². The van der Waals surface area contributed by atoms with Crippen molar-refractivity contribution in [2.24, 2.45) is 5.73 Å². The van der Waals surface area contributed by atoms with Gasteiger partial charge in [-0.1, -0.05) is 30.3 Å². The summed E-state index contributed by atoms with van der Waals surface area (Å²) in [6, 6.07) is 8.55. The molecular formula is C15H16F3N3OS. The number of rotatable bonds is 5. The fourth-order valence-electron chi connectivity index (χ4n) is 2.03. The van der Waals surface area contributed by atoms with Crippen LogP contribution in [0.1, 0.15) is 16.3 Å². The molecule has 0 radical (unpaired) electrons. The number of carbonyl (C=O) groups is 1. The van der Waals surface area contributed by atoms with Gasteiger partial charge in [0.1, 0.15) is 5.01 Å². The molecule has 0 aliphatic carbocycles. The van der Waals surface area contributed by atoms with E-state index >= 15 is 0 Å². The molecule has 4 nitrogen and oxygen atoms in total. The smallest absolute Gasteiger partial charge is 0.338 e. The molecule has 0 spiro atoms. The van der Waals surface area contributed by atoms with Crippen molar-refractivity contribution in [3.8, 4) is 0 Å². The first-order chi connectivity index (χ1) is 10.8. The molecule has 2 rings (SSSR count). The minimum atomic E-state index is -4.47. The first-order valence-electron chi connectivity index (χ1n) is 6.83. The van der Waals surface area contributed by atoms with Crippen molar-refractivity contribution in [3.05, 3.63) is 52.0 Å². The fraction of sp³-hybridized carbons (Fsp3) is 0.333. The van der Waals surface area contributed by atoms with Gasteiger partial charge in [0.25, 0.3) is 0 Å². The Morgan fingerprint density at radius 2 is 2.00 bits per heavy atom. The van der Waals surface area contributed by atoms with Crippen molar-refractivity contribution in [1.82, 2.24) is 9.88 Å². The Bertz CT molecular complexity index is 657. The van der Waals surface area contributed by atoms with Crippen LogP contribution in [-0.2, 0) is 23.9 Å². The van der Waals surface area contributed by atoms with Crippen LogP contribution in [0.25, 0.3) is 0 Å². The maximum atomic E-state index is 12.5. The van der Waals surface area contributed by atoms with Gasteiger partial charge in [0.05, 0.1) is 12.6 Å². The lowest BCUT2D eigenvalue weighted by molar-refractivity contribution is -0.140. The molecule has 1 amide bonds. The lowest BCUT2D eigenvalue weighted by Gasteiger charge is -2.20. The van der Waals surface area contributed by atoms with Crippen LogP contribution >= 0.6 is 11.3 Å². The fourth-order valence-corrected chi connectivity index (χ4v) is 2.89. The summed E-state index contributed by atoms with van der Waals surface area (Å²) in [5.41, 5.74) is 5.88. The average molecular weight is 343 g/mol. The molecule has 124 valence electrons. The predicted molar refractivity (Wildman–Crippen MR) is 81.7 cm³/mol. The topological polar surface area (TPSA) is 59.2 Å². The number of nitrogens with zero attached hydrogens (tertiary/aromatic N) is 2. The van der Waals surface area contributed by atoms with Gasteiger partial charge in [-0.25, -0.2) is 4.98 Å². The van der Waals surface area contributed by atoms with Crippen molar-refractivity contribution >= 4 is 17.2 Å². The van der Waals surface area contributed by atoms with Crippen molar-refractivity contribution in [2.45, 2.75) is 25.2 Å². The number of amides is 1. The minimum Gasteiger partial charge on any atom is -0.338 e. The van der Waals surface area contributed by atoms with E-state index in [1.165, 1.54) is 11.9 Å². The van der Waals surface area contributed by atoms with Gasteiger partial charge in [0, 0.05) is 12.4 Å². The number of aromatic nitrogens is 1. The Kier molecular flexibility index (Phi) is 5.38. The molecule has 0 aliphatic heterocycles. The number of nitrogens with two attached hydrogens (primary N) is 1. The molecule has 1 aromatic carbocycles. The molecule has 23 heavy (non-hydrogen) atoms. The Morgan fingerprint density at radius 3 is 2.57 bits per heavy atom. The molecule has 2 aromatic rings. The third-order valence-electron chi connectivity index (χ3n) is 3.21. The number of halogens is 3. The number of thiazole rings is 1. The van der Waals surface area contributed by atoms with Crippen LogP contribution in [0, 0.1) is 0 Å². The highest BCUT2D eigenvalue weighted by atomic mass is 32.1. The van der Waals surface area contributed by atoms with Gasteiger partial charge in [0.15, 0.2) is 5.69 Å². The molecule has 1 aromatic heterocycles. The van der Waals surface area contributed by atoms with Gasteiger partial charge < -0.3 is 10.6 Å². The summed E-state index contributed by atoms with van der Waals surface area (Å²) in [6.07, 6.45) is -4.10. The van der Waals surface area contributed by atoms with E-state index in [0.29, 0.717) is 6.42 Å². The number of alkyl halides is 3. The van der Waals surface area contributed by atoms with E-state index in [4.69, 9.17) is 5.73 Å². The van der Waals surface area contributed by atoms with Crippen molar-refractivity contribution < 1.29 is 18.0 Å². The third-order valence-corrected chi connectivity index (χ3v) is 4.04. The van der Waals surface area contributed by atoms with E-state index in [0.717, 1.165) is 22.3 Å². The van der Waals surface area contributed by atoms with Gasteiger partial charge in [-0.3, -0.25) is 4.79 Å². The Morgan fingerprint density at radius 1 is 1.35 bits per heavy atom. The van der Waals surface area contributed by atoms with Crippen molar-refractivity contribution in [1.29, 1.82) is 0 Å². The molecule has 0 aliphatic rings. The first-order valence-corrected chi connectivity index (χ1v) is 7.71. The molecule has 0 saturated heterocycles. The first kappa shape index (κ1) is 17.4. The molecule has 0 bridgehead atoms. The van der Waals surface area contributed by atoms with Crippen LogP contribution in [0.4, 0.5) is 13.2 Å². The molecule has 0 unspecified atom stereocenters. The molecule has 1 atom stereocenters. The lowest BCUT2D eigenvalue weighted by atomic mass is 10.1. The van der Waals surface area contributed by atoms with Gasteiger partial charge >= 0.3 is 6.18 Å². The van der Waals surface area contributed by atoms with E-state index < -0.39 is 17.9 Å². The lowest BCUT2D eigenvalue weighted by Crippen LogP contribution is -2.42. The maximum Gasteiger partial charge on any atom is 0.434 e. The van der Waals surface area contributed by atoms with Gasteiger partial charge in [-0.05, 0) is 12.0 Å². The zero-order chi connectivity index (χ0) is 17.0. The largest absolute Gasteiger partial charge is 0.434 e. The van der Waals surface area contributed by atoms with E-state index in [9.17, 15) is 18.0 Å². The Hall–Kier alpha value is -1.93. The quantitative estimate of drug-likeness (QED) is 0.908. The summed E-state index contributed by atoms with van der Waals surface area (Å²) in [7, 11) is 1.50. The molecular weight excluding hydrogens is 327 g/mol. The molecule has 0 fully saturated rings. The van der Waals surface area contributed by atoms with Crippen LogP contribution < -0.4 is 5.73 Å². The van der Waals surface area contributed by atoms with E-state index in [1.54, 1.807) is 0 Å². The van der Waals surface area contributed by atoms with Crippen LogP contribution in [-0.4, -0.2) is 28.9 Å². The summed E-state index contributed by atoms with van der Waals surface area (Å²) in [6.45, 7) is 0.00205. The zero-order valence-electron chi connectivity index (χ0n) is 12.4.